The van der Waals surface area contributed by atoms with E-state index in [1.54, 1.807) is 10.9 Å². The van der Waals surface area contributed by atoms with Crippen molar-refractivity contribution < 1.29 is 14.0 Å². The van der Waals surface area contributed by atoms with Crippen molar-refractivity contribution in [3.05, 3.63) is 28.6 Å². The van der Waals surface area contributed by atoms with Crippen molar-refractivity contribution in [1.29, 1.82) is 5.26 Å². The van der Waals surface area contributed by atoms with E-state index >= 15 is 0 Å². The zero-order valence-electron chi connectivity index (χ0n) is 14.4. The Bertz CT molecular complexity index is 808. The predicted molar refractivity (Wildman–Crippen MR) is 89.6 cm³/mol. The third-order valence-electron chi connectivity index (χ3n) is 3.69. The Morgan fingerprint density at radius 1 is 1.42 bits per heavy atom. The lowest BCUT2D eigenvalue weighted by Gasteiger charge is -2.10. The second kappa shape index (κ2) is 7.45. The van der Waals surface area contributed by atoms with E-state index in [0.717, 1.165) is 16.8 Å². The van der Waals surface area contributed by atoms with Crippen LogP contribution in [0, 0.1) is 32.1 Å². The van der Waals surface area contributed by atoms with Crippen LogP contribution < -0.4 is 10.00 Å². The molecule has 0 aliphatic rings. The summed E-state index contributed by atoms with van der Waals surface area (Å²) in [6, 6.07) is 2.32. The van der Waals surface area contributed by atoms with Gasteiger partial charge in [0, 0.05) is 5.69 Å². The number of rotatable bonds is 5. The molecule has 2 heterocycles. The van der Waals surface area contributed by atoms with E-state index in [4.69, 9.17) is 4.52 Å². The molecule has 2 rings (SSSR count). The minimum absolute atomic E-state index is 0.131. The fourth-order valence-electron chi connectivity index (χ4n) is 2.01. The number of nitrogens with zero attached hydrogens (tertiary/aromatic N) is 4. The topological polar surface area (TPSA) is 95.7 Å². The van der Waals surface area contributed by atoms with Crippen LogP contribution in [0.2, 0.25) is 0 Å². The quantitative estimate of drug-likeness (QED) is 0.660. The summed E-state index contributed by atoms with van der Waals surface area (Å²) in [4.78, 5) is 16.5. The van der Waals surface area contributed by atoms with Crippen molar-refractivity contribution in [1.82, 2.24) is 10.3 Å². The molecule has 0 spiro atoms. The number of carbonyl (C=O) groups excluding carboxylic acids is 1. The van der Waals surface area contributed by atoms with Gasteiger partial charge in [-0.3, -0.25) is 14.6 Å². The number of aryl methyl sites for hydroxylation is 1. The normalized spacial score (nSPS) is 10.7. The lowest BCUT2D eigenvalue weighted by molar-refractivity contribution is -0.779. The first-order valence-corrected chi connectivity index (χ1v) is 8.50. The first kappa shape index (κ1) is 17.9. The number of anilines is 1. The third-order valence-corrected chi connectivity index (χ3v) is 4.67. The molecule has 1 amide bonds. The molecule has 126 valence electrons. The van der Waals surface area contributed by atoms with Gasteiger partial charge in [-0.15, -0.1) is 0 Å². The molecule has 0 aromatic carbocycles. The van der Waals surface area contributed by atoms with E-state index in [2.05, 4.69) is 21.6 Å². The van der Waals surface area contributed by atoms with Crippen molar-refractivity contribution >= 4 is 23.6 Å². The molecule has 1 N–H and O–H groups in total. The van der Waals surface area contributed by atoms with Crippen LogP contribution in [0.15, 0.2) is 15.7 Å². The van der Waals surface area contributed by atoms with Gasteiger partial charge in [-0.2, -0.15) is 5.26 Å². The van der Waals surface area contributed by atoms with Gasteiger partial charge in [0.2, 0.25) is 11.2 Å². The largest absolute Gasteiger partial charge is 0.302 e. The number of nitriles is 1. The molecule has 0 aliphatic heterocycles. The number of hydrogen-bond donors (Lipinski definition) is 1. The van der Waals surface area contributed by atoms with Crippen LogP contribution in [0.3, 0.4) is 0 Å². The number of carbonyl (C=O) groups is 1. The first-order chi connectivity index (χ1) is 11.3. The molecule has 0 saturated heterocycles. The molecule has 0 bridgehead atoms. The fourth-order valence-corrected chi connectivity index (χ4v) is 2.90. The minimum Gasteiger partial charge on any atom is -0.288 e. The average molecular weight is 346 g/mol. The molecule has 2 aromatic heterocycles. The Morgan fingerprint density at radius 3 is 2.71 bits per heavy atom. The van der Waals surface area contributed by atoms with Gasteiger partial charge in [0.1, 0.15) is 11.1 Å². The number of hydrogen-bond acceptors (Lipinski definition) is 6. The lowest BCUT2D eigenvalue weighted by atomic mass is 10.1. The third kappa shape index (κ3) is 3.92. The molecule has 0 atom stereocenters. The van der Waals surface area contributed by atoms with Crippen LogP contribution in [0.4, 0.5) is 5.88 Å². The molecule has 0 unspecified atom stereocenters. The SMILES string of the molecule is Cc1nc(SCC(=O)Nc2c[n+](C(C)C)no2)c(C#N)c(C)c1C. The summed E-state index contributed by atoms with van der Waals surface area (Å²) in [5, 5.41) is 16.4. The Hall–Kier alpha value is -2.40. The van der Waals surface area contributed by atoms with Crippen LogP contribution in [0.25, 0.3) is 0 Å². The molecule has 0 fully saturated rings. The van der Waals surface area contributed by atoms with Gasteiger partial charge in [-0.05, 0) is 50.4 Å². The van der Waals surface area contributed by atoms with Crippen molar-refractivity contribution in [3.63, 3.8) is 0 Å². The van der Waals surface area contributed by atoms with Crippen LogP contribution >= 0.6 is 11.8 Å². The van der Waals surface area contributed by atoms with Crippen molar-refractivity contribution in [2.45, 2.75) is 45.7 Å². The van der Waals surface area contributed by atoms with Gasteiger partial charge in [0.05, 0.1) is 11.3 Å². The molecule has 8 heteroatoms. The lowest BCUT2D eigenvalue weighted by Crippen LogP contribution is -2.36. The van der Waals surface area contributed by atoms with Crippen LogP contribution in [-0.2, 0) is 4.79 Å². The summed E-state index contributed by atoms with van der Waals surface area (Å²) in [5.74, 6) is 0.180. The van der Waals surface area contributed by atoms with Crippen LogP contribution in [-0.4, -0.2) is 21.9 Å². The van der Waals surface area contributed by atoms with Gasteiger partial charge in [-0.25, -0.2) is 4.98 Å². The van der Waals surface area contributed by atoms with E-state index in [0.29, 0.717) is 16.5 Å². The molecular formula is C16H20N5O2S+. The summed E-state index contributed by atoms with van der Waals surface area (Å²) in [5.41, 5.74) is 3.29. The van der Waals surface area contributed by atoms with E-state index in [-0.39, 0.29) is 17.7 Å². The van der Waals surface area contributed by atoms with Gasteiger partial charge in [0.25, 0.3) is 6.20 Å². The van der Waals surface area contributed by atoms with Gasteiger partial charge < -0.3 is 0 Å². The van der Waals surface area contributed by atoms with Crippen molar-refractivity contribution in [3.8, 4) is 6.07 Å². The monoisotopic (exact) mass is 346 g/mol. The molecular weight excluding hydrogens is 326 g/mol. The standard InChI is InChI=1S/C16H19N5O2S/c1-9(2)21-7-15(23-20-21)19-14(22)8-24-16-13(6-17)11(4)10(3)12(5)18-16/h7,9H,8H2,1-5H3/p+1. The molecule has 24 heavy (non-hydrogen) atoms. The maximum Gasteiger partial charge on any atom is 0.302 e. The zero-order valence-corrected chi connectivity index (χ0v) is 15.2. The highest BCUT2D eigenvalue weighted by atomic mass is 32.2. The fraction of sp³-hybridized carbons (Fsp3) is 0.438. The van der Waals surface area contributed by atoms with Crippen molar-refractivity contribution in [2.24, 2.45) is 0 Å². The predicted octanol–water partition coefficient (Wildman–Crippen LogP) is 2.47. The second-order valence-electron chi connectivity index (χ2n) is 5.72. The van der Waals surface area contributed by atoms with Gasteiger partial charge in [0.15, 0.2) is 6.04 Å². The Labute approximate surface area is 145 Å². The maximum atomic E-state index is 12.1. The summed E-state index contributed by atoms with van der Waals surface area (Å²) in [7, 11) is 0. The number of thioether (sulfide) groups is 1. The Kier molecular flexibility index (Phi) is 5.57. The second-order valence-corrected chi connectivity index (χ2v) is 6.68. The summed E-state index contributed by atoms with van der Waals surface area (Å²) >= 11 is 1.23. The van der Waals surface area contributed by atoms with Crippen LogP contribution in [0.5, 0.6) is 0 Å². The van der Waals surface area contributed by atoms with Crippen LogP contribution in [0.1, 0.15) is 42.3 Å². The summed E-state index contributed by atoms with van der Waals surface area (Å²) in [6.07, 6.45) is 1.63. The first-order valence-electron chi connectivity index (χ1n) is 7.52. The smallest absolute Gasteiger partial charge is 0.288 e. The highest BCUT2D eigenvalue weighted by Gasteiger charge is 2.18. The van der Waals surface area contributed by atoms with Gasteiger partial charge >= 0.3 is 5.88 Å². The highest BCUT2D eigenvalue weighted by Crippen LogP contribution is 2.26. The minimum atomic E-state index is -0.242. The molecule has 7 nitrogen and oxygen atoms in total. The van der Waals surface area contributed by atoms with E-state index in [1.807, 2.05) is 34.6 Å². The molecule has 0 radical (unpaired) electrons. The average Bonchev–Trinajstić information content (AvgIpc) is 2.99. The highest BCUT2D eigenvalue weighted by molar-refractivity contribution is 8.00. The summed E-state index contributed by atoms with van der Waals surface area (Å²) < 4.78 is 6.67. The maximum absolute atomic E-state index is 12.1. The van der Waals surface area contributed by atoms with E-state index in [9.17, 15) is 10.1 Å². The van der Waals surface area contributed by atoms with Gasteiger partial charge in [-0.1, -0.05) is 11.8 Å². The molecule has 0 saturated carbocycles. The number of amides is 1. The molecule has 2 aromatic rings. The van der Waals surface area contributed by atoms with E-state index in [1.165, 1.54) is 11.8 Å². The van der Waals surface area contributed by atoms with Crippen molar-refractivity contribution in [2.75, 3.05) is 11.1 Å². The Morgan fingerprint density at radius 2 is 2.12 bits per heavy atom. The number of nitrogens with one attached hydrogen (secondary N) is 1. The Balaban J connectivity index is 2.05. The summed E-state index contributed by atoms with van der Waals surface area (Å²) in [6.45, 7) is 9.65. The molecule has 0 aliphatic carbocycles. The zero-order chi connectivity index (χ0) is 17.9. The number of pyridine rings is 1. The van der Waals surface area contributed by atoms with E-state index < -0.39 is 0 Å². The number of aromatic nitrogens is 3.